The van der Waals surface area contributed by atoms with Gasteiger partial charge in [-0.25, -0.2) is 4.99 Å². The minimum atomic E-state index is -0.0104. The molecule has 0 spiro atoms. The van der Waals surface area contributed by atoms with Gasteiger partial charge in [0.1, 0.15) is 12.3 Å². The first kappa shape index (κ1) is 18.7. The van der Waals surface area contributed by atoms with Gasteiger partial charge in [-0.3, -0.25) is 14.6 Å². The highest BCUT2D eigenvalue weighted by molar-refractivity contribution is 5.84. The molecule has 26 heavy (non-hydrogen) atoms. The van der Waals surface area contributed by atoms with Gasteiger partial charge in [0.05, 0.1) is 6.26 Å². The molecule has 3 aliphatic rings. The monoisotopic (exact) mass is 362 g/mol. The number of nitrogens with zero attached hydrogens (tertiary/aromatic N) is 4. The molecule has 0 aliphatic carbocycles. The fourth-order valence-corrected chi connectivity index (χ4v) is 3.35. The number of likely N-dealkylation sites (N-methyl/N-ethyl adjacent to an activating group) is 1. The van der Waals surface area contributed by atoms with Crippen molar-refractivity contribution in [1.82, 2.24) is 25.3 Å². The van der Waals surface area contributed by atoms with Crippen molar-refractivity contribution < 1.29 is 9.21 Å². The van der Waals surface area contributed by atoms with Crippen LogP contribution in [0.15, 0.2) is 27.8 Å². The molecule has 3 saturated heterocycles. The maximum absolute atomic E-state index is 11.9. The summed E-state index contributed by atoms with van der Waals surface area (Å²) in [7, 11) is 3.49. The molecule has 4 rings (SSSR count). The van der Waals surface area contributed by atoms with Crippen molar-refractivity contribution in [2.45, 2.75) is 12.5 Å². The number of hydrogen-bond donors (Lipinski definition) is 2. The van der Waals surface area contributed by atoms with Gasteiger partial charge in [-0.1, -0.05) is 0 Å². The van der Waals surface area contributed by atoms with Gasteiger partial charge in [0.25, 0.3) is 0 Å². The summed E-state index contributed by atoms with van der Waals surface area (Å²) in [5.74, 6) is 1.61. The Morgan fingerprint density at radius 2 is 2.12 bits per heavy atom. The van der Waals surface area contributed by atoms with Crippen molar-refractivity contribution in [3.05, 3.63) is 24.2 Å². The molecule has 1 amide bonds. The van der Waals surface area contributed by atoms with Gasteiger partial charge in [0, 0.05) is 72.4 Å². The predicted octanol–water partition coefficient (Wildman–Crippen LogP) is -0.555. The number of carbonyl (C=O) groups excluding carboxylic acids is 1. The quantitative estimate of drug-likeness (QED) is 0.501. The highest BCUT2D eigenvalue weighted by Crippen LogP contribution is 2.14. The molecule has 2 N–H and O–H groups in total. The first-order valence-corrected chi connectivity index (χ1v) is 9.33. The van der Waals surface area contributed by atoms with Crippen molar-refractivity contribution in [3.63, 3.8) is 0 Å². The number of guanidine groups is 1. The predicted molar refractivity (Wildman–Crippen MR) is 101 cm³/mol. The van der Waals surface area contributed by atoms with Gasteiger partial charge in [0.15, 0.2) is 5.96 Å². The molecule has 0 radical (unpaired) electrons. The fraction of sp³-hybridized carbons (Fsp3) is 0.667. The van der Waals surface area contributed by atoms with E-state index in [4.69, 9.17) is 4.42 Å². The number of amides is 1. The van der Waals surface area contributed by atoms with Crippen molar-refractivity contribution in [1.29, 1.82) is 0 Å². The highest BCUT2D eigenvalue weighted by Gasteiger charge is 2.31. The number of rotatable bonds is 7. The Morgan fingerprint density at radius 1 is 1.31 bits per heavy atom. The molecular formula is C18H30N6O2. The number of nitrogens with one attached hydrogen (secondary N) is 2. The van der Waals surface area contributed by atoms with E-state index in [0.717, 1.165) is 38.4 Å². The molecule has 1 aromatic rings. The van der Waals surface area contributed by atoms with Crippen LogP contribution in [0.4, 0.5) is 0 Å². The average molecular weight is 362 g/mol. The van der Waals surface area contributed by atoms with Crippen LogP contribution in [-0.4, -0.2) is 99.1 Å². The maximum Gasteiger partial charge on any atom is 0.243 e. The summed E-state index contributed by atoms with van der Waals surface area (Å²) < 4.78 is 5.36. The molecule has 2 bridgehead atoms. The molecule has 4 heterocycles. The number of fused-ring (bicyclic) bond motifs is 3. The molecule has 0 saturated carbocycles. The number of carbonyl (C=O) groups is 1. The Balaban J connectivity index is 1.51. The standard InChI is InChI=1S/C18H30N6O2/c1-22(2)17(25)13-21-18(19-6-5-16-4-3-11-26-16)20-12-15-14-23-7-9-24(15)10-8-23/h3-4,11,15H,5-10,12-14H2,1-2H3,(H2,19,20,21). The molecule has 8 nitrogen and oxygen atoms in total. The Labute approximate surface area is 155 Å². The number of hydrogen-bond acceptors (Lipinski definition) is 5. The SMILES string of the molecule is CN(C)C(=O)CN=C(NCCc1ccco1)NCC1CN2CCN1CC2. The lowest BCUT2D eigenvalue weighted by atomic mass is 10.1. The van der Waals surface area contributed by atoms with Crippen LogP contribution < -0.4 is 10.6 Å². The maximum atomic E-state index is 11.9. The second-order valence-electron chi connectivity index (χ2n) is 7.08. The van der Waals surface area contributed by atoms with Crippen LogP contribution in [0, 0.1) is 0 Å². The second-order valence-corrected chi connectivity index (χ2v) is 7.08. The lowest BCUT2D eigenvalue weighted by Crippen LogP contribution is -2.63. The van der Waals surface area contributed by atoms with Crippen molar-refractivity contribution in [3.8, 4) is 0 Å². The van der Waals surface area contributed by atoms with Crippen LogP contribution in [0.2, 0.25) is 0 Å². The smallest absolute Gasteiger partial charge is 0.243 e. The van der Waals surface area contributed by atoms with E-state index < -0.39 is 0 Å². The summed E-state index contributed by atoms with van der Waals surface area (Å²) in [6.45, 7) is 7.42. The van der Waals surface area contributed by atoms with Crippen LogP contribution in [0.1, 0.15) is 5.76 Å². The van der Waals surface area contributed by atoms with E-state index in [1.807, 2.05) is 12.1 Å². The third kappa shape index (κ3) is 5.22. The van der Waals surface area contributed by atoms with E-state index in [1.54, 1.807) is 25.3 Å². The van der Waals surface area contributed by atoms with E-state index in [0.29, 0.717) is 18.5 Å². The Kier molecular flexibility index (Phi) is 6.51. The third-order valence-corrected chi connectivity index (χ3v) is 5.01. The lowest BCUT2D eigenvalue weighted by Gasteiger charge is -2.47. The largest absolute Gasteiger partial charge is 0.469 e. The summed E-state index contributed by atoms with van der Waals surface area (Å²) in [5.41, 5.74) is 0. The molecule has 8 heteroatoms. The zero-order valence-electron chi connectivity index (χ0n) is 15.8. The van der Waals surface area contributed by atoms with Crippen LogP contribution >= 0.6 is 0 Å². The van der Waals surface area contributed by atoms with E-state index >= 15 is 0 Å². The molecule has 1 unspecified atom stereocenters. The van der Waals surface area contributed by atoms with E-state index in [1.165, 1.54) is 13.1 Å². The summed E-state index contributed by atoms with van der Waals surface area (Å²) in [4.78, 5) is 22.9. The molecule has 144 valence electrons. The molecule has 3 fully saturated rings. The average Bonchev–Trinajstić information content (AvgIpc) is 3.17. The minimum Gasteiger partial charge on any atom is -0.469 e. The van der Waals surface area contributed by atoms with E-state index in [2.05, 4.69) is 25.4 Å². The van der Waals surface area contributed by atoms with Crippen LogP contribution in [-0.2, 0) is 11.2 Å². The van der Waals surface area contributed by atoms with Gasteiger partial charge < -0.3 is 20.0 Å². The summed E-state index contributed by atoms with van der Waals surface area (Å²) in [6, 6.07) is 4.35. The Bertz CT molecular complexity index is 593. The van der Waals surface area contributed by atoms with Gasteiger partial charge >= 0.3 is 0 Å². The summed E-state index contributed by atoms with van der Waals surface area (Å²) >= 11 is 0. The first-order chi connectivity index (χ1) is 12.6. The van der Waals surface area contributed by atoms with Crippen LogP contribution in [0.25, 0.3) is 0 Å². The van der Waals surface area contributed by atoms with Crippen molar-refractivity contribution >= 4 is 11.9 Å². The minimum absolute atomic E-state index is 0.0104. The molecule has 1 atom stereocenters. The van der Waals surface area contributed by atoms with Crippen molar-refractivity contribution in [2.24, 2.45) is 4.99 Å². The zero-order chi connectivity index (χ0) is 18.4. The first-order valence-electron chi connectivity index (χ1n) is 9.33. The molecular weight excluding hydrogens is 332 g/mol. The van der Waals surface area contributed by atoms with Gasteiger partial charge in [-0.05, 0) is 12.1 Å². The Morgan fingerprint density at radius 3 is 2.73 bits per heavy atom. The third-order valence-electron chi connectivity index (χ3n) is 5.01. The van der Waals surface area contributed by atoms with Crippen LogP contribution in [0.3, 0.4) is 0 Å². The van der Waals surface area contributed by atoms with Gasteiger partial charge in [-0.15, -0.1) is 0 Å². The molecule has 3 aliphatic heterocycles. The van der Waals surface area contributed by atoms with Gasteiger partial charge in [-0.2, -0.15) is 0 Å². The highest BCUT2D eigenvalue weighted by atomic mass is 16.3. The summed E-state index contributed by atoms with van der Waals surface area (Å²) in [6.07, 6.45) is 2.46. The van der Waals surface area contributed by atoms with E-state index in [-0.39, 0.29) is 12.5 Å². The zero-order valence-corrected chi connectivity index (χ0v) is 15.8. The number of furan rings is 1. The topological polar surface area (TPSA) is 76.3 Å². The lowest BCUT2D eigenvalue weighted by molar-refractivity contribution is -0.127. The Hall–Kier alpha value is -2.06. The van der Waals surface area contributed by atoms with Crippen LogP contribution in [0.5, 0.6) is 0 Å². The van der Waals surface area contributed by atoms with Gasteiger partial charge in [0.2, 0.25) is 5.91 Å². The van der Waals surface area contributed by atoms with Crippen molar-refractivity contribution in [2.75, 3.05) is 66.5 Å². The molecule has 0 aromatic carbocycles. The van der Waals surface area contributed by atoms with E-state index in [9.17, 15) is 4.79 Å². The molecule has 1 aromatic heterocycles. The normalized spacial score (nSPS) is 25.2. The fourth-order valence-electron chi connectivity index (χ4n) is 3.35. The number of piperazine rings is 3. The second kappa shape index (κ2) is 9.05. The number of aliphatic imine (C=N–C) groups is 1. The summed E-state index contributed by atoms with van der Waals surface area (Å²) in [5, 5.41) is 6.73.